The van der Waals surface area contributed by atoms with E-state index in [2.05, 4.69) is 27.1 Å². The molecule has 1 aromatic heterocycles. The SMILES string of the molecule is CCCN1CCC(Nc2ncc(F)c(N(C)C)n2)C1.O=CO. The first-order valence-electron chi connectivity index (χ1n) is 7.28. The molecular weight excluding hydrogens is 289 g/mol. The van der Waals surface area contributed by atoms with Gasteiger partial charge in [0.15, 0.2) is 11.6 Å². The van der Waals surface area contributed by atoms with Crippen LogP contribution in [-0.2, 0) is 4.79 Å². The van der Waals surface area contributed by atoms with Crippen molar-refractivity contribution >= 4 is 18.2 Å². The average Bonchev–Trinajstić information content (AvgIpc) is 2.89. The first-order valence-corrected chi connectivity index (χ1v) is 7.28. The number of nitrogens with one attached hydrogen (secondary N) is 1. The van der Waals surface area contributed by atoms with Crippen molar-refractivity contribution in [3.63, 3.8) is 0 Å². The van der Waals surface area contributed by atoms with E-state index in [1.165, 1.54) is 12.6 Å². The number of anilines is 2. The first kappa shape index (κ1) is 18.1. The topological polar surface area (TPSA) is 81.6 Å². The van der Waals surface area contributed by atoms with Gasteiger partial charge in [-0.05, 0) is 19.4 Å². The Kier molecular flexibility index (Phi) is 7.51. The highest BCUT2D eigenvalue weighted by atomic mass is 19.1. The third-order valence-electron chi connectivity index (χ3n) is 3.29. The van der Waals surface area contributed by atoms with Crippen LogP contribution in [0.4, 0.5) is 16.2 Å². The van der Waals surface area contributed by atoms with E-state index in [1.807, 2.05) is 0 Å². The molecule has 1 aromatic rings. The fraction of sp³-hybridized carbons (Fsp3) is 0.643. The van der Waals surface area contributed by atoms with E-state index >= 15 is 0 Å². The molecule has 0 aromatic carbocycles. The number of hydrogen-bond donors (Lipinski definition) is 2. The van der Waals surface area contributed by atoms with Gasteiger partial charge in [0.1, 0.15) is 0 Å². The summed E-state index contributed by atoms with van der Waals surface area (Å²) in [4.78, 5) is 20.7. The molecule has 1 unspecified atom stereocenters. The van der Waals surface area contributed by atoms with Gasteiger partial charge in [0.05, 0.1) is 6.20 Å². The Morgan fingerprint density at radius 2 is 2.27 bits per heavy atom. The van der Waals surface area contributed by atoms with E-state index in [9.17, 15) is 4.39 Å². The van der Waals surface area contributed by atoms with Crippen LogP contribution in [-0.4, -0.2) is 66.2 Å². The molecular formula is C14H24FN5O2. The van der Waals surface area contributed by atoms with Crippen LogP contribution >= 0.6 is 0 Å². The molecule has 1 fully saturated rings. The minimum atomic E-state index is -0.394. The molecule has 22 heavy (non-hydrogen) atoms. The highest BCUT2D eigenvalue weighted by molar-refractivity contribution is 5.42. The zero-order chi connectivity index (χ0) is 16.5. The van der Waals surface area contributed by atoms with E-state index in [-0.39, 0.29) is 6.47 Å². The number of hydrogen-bond acceptors (Lipinski definition) is 6. The lowest BCUT2D eigenvalue weighted by Crippen LogP contribution is -2.27. The van der Waals surface area contributed by atoms with Gasteiger partial charge in [-0.1, -0.05) is 6.92 Å². The normalized spacial score (nSPS) is 17.5. The Bertz CT molecular complexity index is 473. The van der Waals surface area contributed by atoms with Crippen molar-refractivity contribution in [1.29, 1.82) is 0 Å². The third kappa shape index (κ3) is 5.44. The molecule has 0 saturated carbocycles. The van der Waals surface area contributed by atoms with Gasteiger partial charge in [-0.3, -0.25) is 4.79 Å². The molecule has 2 rings (SSSR count). The lowest BCUT2D eigenvalue weighted by Gasteiger charge is -2.17. The average molecular weight is 313 g/mol. The van der Waals surface area contributed by atoms with Gasteiger partial charge in [0.25, 0.3) is 6.47 Å². The summed E-state index contributed by atoms with van der Waals surface area (Å²) in [5.74, 6) is 0.434. The number of carbonyl (C=O) groups is 1. The maximum absolute atomic E-state index is 13.5. The van der Waals surface area contributed by atoms with Gasteiger partial charge in [0, 0.05) is 33.2 Å². The van der Waals surface area contributed by atoms with Crippen LogP contribution < -0.4 is 10.2 Å². The van der Waals surface area contributed by atoms with Crippen LogP contribution in [0.1, 0.15) is 19.8 Å². The van der Waals surface area contributed by atoms with Crippen LogP contribution in [0, 0.1) is 5.82 Å². The Morgan fingerprint density at radius 1 is 1.59 bits per heavy atom. The second-order valence-corrected chi connectivity index (χ2v) is 5.30. The predicted octanol–water partition coefficient (Wildman–Crippen LogP) is 1.28. The van der Waals surface area contributed by atoms with Crippen molar-refractivity contribution in [3.8, 4) is 0 Å². The van der Waals surface area contributed by atoms with Gasteiger partial charge >= 0.3 is 0 Å². The Balaban J connectivity index is 0.000000745. The number of halogens is 1. The molecule has 1 saturated heterocycles. The summed E-state index contributed by atoms with van der Waals surface area (Å²) in [7, 11) is 3.54. The number of nitrogens with zero attached hydrogens (tertiary/aromatic N) is 4. The summed E-state index contributed by atoms with van der Waals surface area (Å²) in [6.07, 6.45) is 3.48. The molecule has 1 aliphatic rings. The quantitative estimate of drug-likeness (QED) is 0.792. The van der Waals surface area contributed by atoms with E-state index in [4.69, 9.17) is 9.90 Å². The summed E-state index contributed by atoms with van der Waals surface area (Å²) in [6, 6.07) is 0.354. The maximum atomic E-state index is 13.5. The van der Waals surface area contributed by atoms with Gasteiger partial charge < -0.3 is 20.2 Å². The number of likely N-dealkylation sites (tertiary alicyclic amines) is 1. The fourth-order valence-electron chi connectivity index (χ4n) is 2.39. The van der Waals surface area contributed by atoms with Gasteiger partial charge in [0.2, 0.25) is 5.95 Å². The Hall–Kier alpha value is -1.96. The van der Waals surface area contributed by atoms with Crippen molar-refractivity contribution in [3.05, 3.63) is 12.0 Å². The lowest BCUT2D eigenvalue weighted by molar-refractivity contribution is -0.122. The Labute approximate surface area is 130 Å². The fourth-order valence-corrected chi connectivity index (χ4v) is 2.39. The van der Waals surface area contributed by atoms with Crippen LogP contribution in [0.5, 0.6) is 0 Å². The van der Waals surface area contributed by atoms with Crippen LogP contribution in [0.25, 0.3) is 0 Å². The molecule has 0 aliphatic carbocycles. The number of carboxylic acid groups (broad SMARTS) is 1. The van der Waals surface area contributed by atoms with E-state index in [0.29, 0.717) is 17.8 Å². The summed E-state index contributed by atoms with van der Waals surface area (Å²) in [5.41, 5.74) is 0. The second kappa shape index (κ2) is 9.14. The molecule has 0 amide bonds. The number of rotatable bonds is 5. The molecule has 0 radical (unpaired) electrons. The van der Waals surface area contributed by atoms with E-state index < -0.39 is 5.82 Å². The van der Waals surface area contributed by atoms with Crippen LogP contribution in [0.3, 0.4) is 0 Å². The standard InChI is InChI=1S/C13H22FN5.CH2O2/c1-4-6-19-7-5-10(9-19)16-13-15-8-11(14)12(17-13)18(2)3;2-1-3/h8,10H,4-7,9H2,1-3H3,(H,15,16,17);1H,(H,2,3). The van der Waals surface area contributed by atoms with Gasteiger partial charge in [-0.25, -0.2) is 9.37 Å². The highest BCUT2D eigenvalue weighted by Gasteiger charge is 2.22. The molecule has 1 atom stereocenters. The van der Waals surface area contributed by atoms with Gasteiger partial charge in [-0.2, -0.15) is 4.98 Å². The lowest BCUT2D eigenvalue weighted by atomic mass is 10.3. The smallest absolute Gasteiger partial charge is 0.290 e. The molecule has 0 bridgehead atoms. The predicted molar refractivity (Wildman–Crippen MR) is 83.8 cm³/mol. The molecule has 124 valence electrons. The monoisotopic (exact) mass is 313 g/mol. The maximum Gasteiger partial charge on any atom is 0.290 e. The van der Waals surface area contributed by atoms with Gasteiger partial charge in [-0.15, -0.1) is 0 Å². The summed E-state index contributed by atoms with van der Waals surface area (Å²) in [5, 5.41) is 10.2. The van der Waals surface area contributed by atoms with E-state index in [1.54, 1.807) is 19.0 Å². The minimum Gasteiger partial charge on any atom is -0.483 e. The summed E-state index contributed by atoms with van der Waals surface area (Å²) in [6.45, 7) is 5.18. The molecule has 2 heterocycles. The highest BCUT2D eigenvalue weighted by Crippen LogP contribution is 2.17. The third-order valence-corrected chi connectivity index (χ3v) is 3.29. The van der Waals surface area contributed by atoms with Crippen molar-refractivity contribution < 1.29 is 14.3 Å². The van der Waals surface area contributed by atoms with Crippen LogP contribution in [0.15, 0.2) is 6.20 Å². The Morgan fingerprint density at radius 3 is 2.86 bits per heavy atom. The summed E-state index contributed by atoms with van der Waals surface area (Å²) >= 11 is 0. The van der Waals surface area contributed by atoms with Crippen molar-refractivity contribution in [2.75, 3.05) is 43.9 Å². The van der Waals surface area contributed by atoms with Crippen LogP contribution in [0.2, 0.25) is 0 Å². The van der Waals surface area contributed by atoms with E-state index in [0.717, 1.165) is 26.1 Å². The summed E-state index contributed by atoms with van der Waals surface area (Å²) < 4.78 is 13.5. The molecule has 8 heteroatoms. The molecule has 1 aliphatic heterocycles. The van der Waals surface area contributed by atoms with Crippen molar-refractivity contribution in [2.45, 2.75) is 25.8 Å². The minimum absolute atomic E-state index is 0.250. The number of aromatic nitrogens is 2. The first-order chi connectivity index (χ1) is 10.5. The zero-order valence-electron chi connectivity index (χ0n) is 13.3. The molecule has 2 N–H and O–H groups in total. The largest absolute Gasteiger partial charge is 0.483 e. The zero-order valence-corrected chi connectivity index (χ0v) is 13.3. The second-order valence-electron chi connectivity index (χ2n) is 5.30. The van der Waals surface area contributed by atoms with Crippen molar-refractivity contribution in [2.24, 2.45) is 0 Å². The van der Waals surface area contributed by atoms with Crippen molar-refractivity contribution in [1.82, 2.24) is 14.9 Å². The molecule has 0 spiro atoms. The molecule has 7 nitrogen and oxygen atoms in total.